The fourth-order valence-electron chi connectivity index (χ4n) is 3.79. The fourth-order valence-corrected chi connectivity index (χ4v) is 3.79. The highest BCUT2D eigenvalue weighted by Crippen LogP contribution is 2.32. The number of pyridine rings is 1. The molecule has 1 aliphatic heterocycles. The molecular weight excluding hydrogens is 378 g/mol. The van der Waals surface area contributed by atoms with Crippen LogP contribution in [0.2, 0.25) is 0 Å². The minimum atomic E-state index is 0.203. The second-order valence-corrected chi connectivity index (χ2v) is 7.89. The van der Waals surface area contributed by atoms with Crippen molar-refractivity contribution in [1.82, 2.24) is 15.0 Å². The molecule has 0 amide bonds. The number of nitrogens with one attached hydrogen (secondary N) is 1. The van der Waals surface area contributed by atoms with Crippen LogP contribution < -0.4 is 19.7 Å². The van der Waals surface area contributed by atoms with Gasteiger partial charge in [-0.25, -0.2) is 9.97 Å². The molecule has 2 aliphatic rings. The summed E-state index contributed by atoms with van der Waals surface area (Å²) in [6.07, 6.45) is 8.05. The largest absolute Gasteiger partial charge is 0.494 e. The minimum Gasteiger partial charge on any atom is -0.494 e. The number of hydrogen-bond acceptors (Lipinski definition) is 7. The average molecular weight is 406 g/mol. The van der Waals surface area contributed by atoms with Gasteiger partial charge in [0.15, 0.2) is 11.6 Å². The third-order valence-electron chi connectivity index (χ3n) is 5.55. The molecule has 3 heterocycles. The van der Waals surface area contributed by atoms with E-state index in [1.54, 1.807) is 12.4 Å². The molecule has 7 nitrogen and oxygen atoms in total. The zero-order chi connectivity index (χ0) is 20.3. The predicted molar refractivity (Wildman–Crippen MR) is 117 cm³/mol. The quantitative estimate of drug-likeness (QED) is 0.636. The van der Waals surface area contributed by atoms with Gasteiger partial charge in [0.1, 0.15) is 23.1 Å². The predicted octanol–water partition coefficient (Wildman–Crippen LogP) is 4.05. The van der Waals surface area contributed by atoms with Crippen molar-refractivity contribution in [2.45, 2.75) is 44.8 Å². The van der Waals surface area contributed by atoms with Crippen LogP contribution in [0, 0.1) is 0 Å². The zero-order valence-electron chi connectivity index (χ0n) is 17.3. The summed E-state index contributed by atoms with van der Waals surface area (Å²) in [4.78, 5) is 16.3. The molecule has 2 aromatic heterocycles. The summed E-state index contributed by atoms with van der Waals surface area (Å²) < 4.78 is 11.7. The van der Waals surface area contributed by atoms with E-state index in [4.69, 9.17) is 19.4 Å². The van der Waals surface area contributed by atoms with Crippen LogP contribution >= 0.6 is 0 Å². The summed E-state index contributed by atoms with van der Waals surface area (Å²) in [5, 5.41) is 3.56. The number of hydrogen-bond donors (Lipinski definition) is 1. The maximum Gasteiger partial charge on any atom is 0.172 e. The van der Waals surface area contributed by atoms with Gasteiger partial charge in [0, 0.05) is 38.2 Å². The molecule has 5 rings (SSSR count). The van der Waals surface area contributed by atoms with Crippen LogP contribution in [0.5, 0.6) is 11.5 Å². The van der Waals surface area contributed by atoms with Gasteiger partial charge in [0.2, 0.25) is 0 Å². The normalized spacial score (nSPS) is 17.2. The highest BCUT2D eigenvalue weighted by Gasteiger charge is 2.28. The first-order valence-electron chi connectivity index (χ1n) is 10.8. The lowest BCUT2D eigenvalue weighted by Crippen LogP contribution is -2.39. The van der Waals surface area contributed by atoms with Crippen molar-refractivity contribution >= 4 is 22.7 Å². The first-order chi connectivity index (χ1) is 14.8. The Balaban J connectivity index is 1.27. The van der Waals surface area contributed by atoms with Gasteiger partial charge in [-0.15, -0.1) is 0 Å². The second kappa shape index (κ2) is 8.34. The topological polar surface area (TPSA) is 72.4 Å². The molecule has 1 saturated carbocycles. The van der Waals surface area contributed by atoms with Crippen LogP contribution in [-0.2, 0) is 0 Å². The molecule has 0 unspecified atom stereocenters. The lowest BCUT2D eigenvalue weighted by atomic mass is 10.1. The Kier molecular flexibility index (Phi) is 5.26. The van der Waals surface area contributed by atoms with E-state index in [1.165, 1.54) is 12.8 Å². The van der Waals surface area contributed by atoms with Gasteiger partial charge in [-0.3, -0.25) is 4.98 Å². The van der Waals surface area contributed by atoms with Crippen LogP contribution in [0.4, 0.5) is 11.6 Å². The standard InChI is InChI=1S/C23H27N5O2/c1-2-29-17-5-7-18(8-6-17)30-19-10-13-28(14-11-19)23-22(25-16-3-4-16)26-20-9-12-24-15-21(20)27-23/h5-9,12,15-16,19H,2-4,10-11,13-14H2,1H3,(H,25,26). The number of anilines is 2. The number of benzene rings is 1. The van der Waals surface area contributed by atoms with Gasteiger partial charge >= 0.3 is 0 Å². The Morgan fingerprint density at radius 1 is 0.967 bits per heavy atom. The molecule has 7 heteroatoms. The lowest BCUT2D eigenvalue weighted by Gasteiger charge is -2.33. The third kappa shape index (κ3) is 4.25. The van der Waals surface area contributed by atoms with Crippen LogP contribution in [0.15, 0.2) is 42.7 Å². The van der Waals surface area contributed by atoms with Gasteiger partial charge in [-0.1, -0.05) is 0 Å². The van der Waals surface area contributed by atoms with E-state index < -0.39 is 0 Å². The fraction of sp³-hybridized carbons (Fsp3) is 0.435. The van der Waals surface area contributed by atoms with Gasteiger partial charge in [-0.2, -0.15) is 0 Å². The van der Waals surface area contributed by atoms with Crippen LogP contribution in [0.25, 0.3) is 11.0 Å². The molecular formula is C23H27N5O2. The molecule has 0 atom stereocenters. The van der Waals surface area contributed by atoms with Gasteiger partial charge in [0.05, 0.1) is 18.3 Å². The Morgan fingerprint density at radius 2 is 1.73 bits per heavy atom. The molecule has 1 aliphatic carbocycles. The average Bonchev–Trinajstić information content (AvgIpc) is 3.60. The summed E-state index contributed by atoms with van der Waals surface area (Å²) >= 11 is 0. The van der Waals surface area contributed by atoms with E-state index in [2.05, 4.69) is 15.2 Å². The molecule has 0 bridgehead atoms. The van der Waals surface area contributed by atoms with Crippen molar-refractivity contribution < 1.29 is 9.47 Å². The molecule has 2 fully saturated rings. The van der Waals surface area contributed by atoms with Gasteiger partial charge in [0.25, 0.3) is 0 Å². The van der Waals surface area contributed by atoms with E-state index in [1.807, 2.05) is 37.3 Å². The van der Waals surface area contributed by atoms with Crippen molar-refractivity contribution in [3.05, 3.63) is 42.7 Å². The van der Waals surface area contributed by atoms with Crippen LogP contribution in [-0.4, -0.2) is 46.8 Å². The van der Waals surface area contributed by atoms with Crippen molar-refractivity contribution in [1.29, 1.82) is 0 Å². The molecule has 30 heavy (non-hydrogen) atoms. The SMILES string of the molecule is CCOc1ccc(OC2CCN(c3nc4cnccc4nc3NC3CC3)CC2)cc1. The molecule has 3 aromatic rings. The highest BCUT2D eigenvalue weighted by atomic mass is 16.5. The van der Waals surface area contributed by atoms with Crippen molar-refractivity contribution in [2.24, 2.45) is 0 Å². The van der Waals surface area contributed by atoms with E-state index in [9.17, 15) is 0 Å². The molecule has 1 aromatic carbocycles. The maximum atomic E-state index is 6.20. The second-order valence-electron chi connectivity index (χ2n) is 7.89. The molecule has 1 saturated heterocycles. The Bertz CT molecular complexity index is 998. The number of ether oxygens (including phenoxy) is 2. The number of aromatic nitrogens is 3. The molecule has 1 N–H and O–H groups in total. The summed E-state index contributed by atoms with van der Waals surface area (Å²) in [6.45, 7) is 4.44. The number of fused-ring (bicyclic) bond motifs is 1. The van der Waals surface area contributed by atoms with E-state index in [0.29, 0.717) is 12.6 Å². The smallest absolute Gasteiger partial charge is 0.172 e. The first kappa shape index (κ1) is 18.9. The van der Waals surface area contributed by atoms with E-state index in [-0.39, 0.29) is 6.10 Å². The summed E-state index contributed by atoms with van der Waals surface area (Å²) in [6, 6.07) is 10.3. The number of rotatable bonds is 7. The minimum absolute atomic E-state index is 0.203. The van der Waals surface area contributed by atoms with Crippen molar-refractivity contribution in [2.75, 3.05) is 29.9 Å². The van der Waals surface area contributed by atoms with Gasteiger partial charge < -0.3 is 19.7 Å². The zero-order valence-corrected chi connectivity index (χ0v) is 17.3. The van der Waals surface area contributed by atoms with Gasteiger partial charge in [-0.05, 0) is 50.1 Å². The van der Waals surface area contributed by atoms with Crippen LogP contribution in [0.1, 0.15) is 32.6 Å². The Labute approximate surface area is 176 Å². The van der Waals surface area contributed by atoms with Crippen LogP contribution in [0.3, 0.4) is 0 Å². The monoisotopic (exact) mass is 405 g/mol. The van der Waals surface area contributed by atoms with E-state index >= 15 is 0 Å². The Morgan fingerprint density at radius 3 is 2.47 bits per heavy atom. The summed E-state index contributed by atoms with van der Waals surface area (Å²) in [7, 11) is 0. The molecule has 0 radical (unpaired) electrons. The summed E-state index contributed by atoms with van der Waals surface area (Å²) in [5.74, 6) is 3.59. The highest BCUT2D eigenvalue weighted by molar-refractivity contribution is 5.80. The number of piperidine rings is 1. The number of nitrogens with zero attached hydrogens (tertiary/aromatic N) is 4. The van der Waals surface area contributed by atoms with E-state index in [0.717, 1.165) is 60.1 Å². The first-order valence-corrected chi connectivity index (χ1v) is 10.8. The third-order valence-corrected chi connectivity index (χ3v) is 5.55. The molecule has 0 spiro atoms. The molecule has 156 valence electrons. The van der Waals surface area contributed by atoms with Crippen molar-refractivity contribution in [3.63, 3.8) is 0 Å². The lowest BCUT2D eigenvalue weighted by molar-refractivity contribution is 0.170. The maximum absolute atomic E-state index is 6.20. The summed E-state index contributed by atoms with van der Waals surface area (Å²) in [5.41, 5.74) is 1.72. The van der Waals surface area contributed by atoms with Crippen molar-refractivity contribution in [3.8, 4) is 11.5 Å². The Hall–Kier alpha value is -3.09.